The molecule has 3 aromatic rings. The summed E-state index contributed by atoms with van der Waals surface area (Å²) < 4.78 is 23.8. The van der Waals surface area contributed by atoms with Gasteiger partial charge in [-0.05, 0) is 67.1 Å². The smallest absolute Gasteiger partial charge is 0.262 e. The molecule has 0 aliphatic carbocycles. The first-order valence-electron chi connectivity index (χ1n) is 10.3. The molecule has 9 heteroatoms. The zero-order chi connectivity index (χ0) is 24.7. The van der Waals surface area contributed by atoms with Crippen LogP contribution >= 0.6 is 0 Å². The predicted octanol–water partition coefficient (Wildman–Crippen LogP) is 4.37. The van der Waals surface area contributed by atoms with Crippen molar-refractivity contribution >= 4 is 34.8 Å². The van der Waals surface area contributed by atoms with Crippen LogP contribution in [0.3, 0.4) is 0 Å². The van der Waals surface area contributed by atoms with E-state index in [1.807, 2.05) is 0 Å². The van der Waals surface area contributed by atoms with E-state index < -0.39 is 11.7 Å². The number of hydrogen-bond acceptors (Lipinski definition) is 5. The molecule has 0 spiro atoms. The van der Waals surface area contributed by atoms with Crippen molar-refractivity contribution in [3.63, 3.8) is 0 Å². The zero-order valence-electron chi connectivity index (χ0n) is 18.9. The average Bonchev–Trinajstić information content (AvgIpc) is 2.81. The average molecular weight is 465 g/mol. The van der Waals surface area contributed by atoms with Crippen molar-refractivity contribution in [3.8, 4) is 11.5 Å². The summed E-state index contributed by atoms with van der Waals surface area (Å²) in [5.74, 6) is -0.896. The van der Waals surface area contributed by atoms with E-state index in [0.29, 0.717) is 28.2 Å². The summed E-state index contributed by atoms with van der Waals surface area (Å²) in [4.78, 5) is 36.3. The van der Waals surface area contributed by atoms with Crippen molar-refractivity contribution < 1.29 is 28.2 Å². The summed E-state index contributed by atoms with van der Waals surface area (Å²) in [6.45, 7) is 2.89. The molecule has 0 aliphatic heterocycles. The Morgan fingerprint density at radius 1 is 0.882 bits per heavy atom. The Hall–Kier alpha value is -4.40. The summed E-state index contributed by atoms with van der Waals surface area (Å²) >= 11 is 0. The minimum absolute atomic E-state index is 0.210. The van der Waals surface area contributed by atoms with E-state index in [4.69, 9.17) is 9.47 Å². The van der Waals surface area contributed by atoms with Gasteiger partial charge in [0.05, 0.1) is 7.11 Å². The van der Waals surface area contributed by atoms with Crippen LogP contribution in [-0.4, -0.2) is 31.4 Å². The Bertz CT molecular complexity index is 1210. The standard InChI is InChI=1S/C25H24FN3O5/c1-15-20(27-16(2)30)5-4-6-21(15)29-25(32)17-7-12-22(23(13-17)33-3)34-14-24(31)28-19-10-8-18(26)9-11-19/h4-13H,14H2,1-3H3,(H,27,30)(H,28,31)(H,29,32). The first kappa shape index (κ1) is 24.2. The Morgan fingerprint density at radius 2 is 1.56 bits per heavy atom. The van der Waals surface area contributed by atoms with E-state index >= 15 is 0 Å². The third-order valence-corrected chi connectivity index (χ3v) is 4.81. The van der Waals surface area contributed by atoms with Crippen LogP contribution in [0.1, 0.15) is 22.8 Å². The van der Waals surface area contributed by atoms with Gasteiger partial charge in [0.15, 0.2) is 18.1 Å². The fourth-order valence-electron chi connectivity index (χ4n) is 3.09. The molecule has 0 saturated carbocycles. The van der Waals surface area contributed by atoms with E-state index in [2.05, 4.69) is 16.0 Å². The molecule has 8 nitrogen and oxygen atoms in total. The third-order valence-electron chi connectivity index (χ3n) is 4.81. The quantitative estimate of drug-likeness (QED) is 0.458. The lowest BCUT2D eigenvalue weighted by molar-refractivity contribution is -0.118. The molecule has 3 aromatic carbocycles. The molecule has 0 aromatic heterocycles. The molecule has 0 heterocycles. The van der Waals surface area contributed by atoms with Gasteiger partial charge in [-0.2, -0.15) is 0 Å². The number of amides is 3. The fraction of sp³-hybridized carbons (Fsp3) is 0.160. The second kappa shape index (κ2) is 11.0. The number of benzene rings is 3. The number of carbonyl (C=O) groups excluding carboxylic acids is 3. The molecule has 0 unspecified atom stereocenters. The number of ether oxygens (including phenoxy) is 2. The Morgan fingerprint density at radius 3 is 2.21 bits per heavy atom. The van der Waals surface area contributed by atoms with Crippen LogP contribution in [0.25, 0.3) is 0 Å². The second-order valence-corrected chi connectivity index (χ2v) is 7.32. The molecule has 0 radical (unpaired) electrons. The summed E-state index contributed by atoms with van der Waals surface area (Å²) in [5, 5.41) is 8.13. The van der Waals surface area contributed by atoms with E-state index in [1.54, 1.807) is 25.1 Å². The number of carbonyl (C=O) groups is 3. The zero-order valence-corrected chi connectivity index (χ0v) is 18.9. The van der Waals surface area contributed by atoms with Gasteiger partial charge in [0, 0.05) is 29.5 Å². The van der Waals surface area contributed by atoms with E-state index in [9.17, 15) is 18.8 Å². The highest BCUT2D eigenvalue weighted by Gasteiger charge is 2.15. The van der Waals surface area contributed by atoms with Crippen LogP contribution in [0, 0.1) is 12.7 Å². The normalized spacial score (nSPS) is 10.2. The van der Waals surface area contributed by atoms with Gasteiger partial charge in [-0.25, -0.2) is 4.39 Å². The lowest BCUT2D eigenvalue weighted by atomic mass is 10.1. The van der Waals surface area contributed by atoms with Crippen molar-refractivity contribution in [1.29, 1.82) is 0 Å². The molecule has 3 rings (SSSR count). The Balaban J connectivity index is 1.66. The second-order valence-electron chi connectivity index (χ2n) is 7.32. The fourth-order valence-corrected chi connectivity index (χ4v) is 3.09. The first-order chi connectivity index (χ1) is 16.3. The molecule has 0 atom stereocenters. The third kappa shape index (κ3) is 6.32. The summed E-state index contributed by atoms with van der Waals surface area (Å²) in [7, 11) is 1.42. The number of nitrogens with one attached hydrogen (secondary N) is 3. The summed E-state index contributed by atoms with van der Waals surface area (Å²) in [5.41, 5.74) is 2.61. The molecule has 0 aliphatic rings. The van der Waals surface area contributed by atoms with Crippen molar-refractivity contribution in [3.05, 3.63) is 77.6 Å². The van der Waals surface area contributed by atoms with Crippen LogP contribution in [0.15, 0.2) is 60.7 Å². The minimum Gasteiger partial charge on any atom is -0.493 e. The van der Waals surface area contributed by atoms with Gasteiger partial charge in [0.2, 0.25) is 5.91 Å². The Kier molecular flexibility index (Phi) is 7.81. The first-order valence-corrected chi connectivity index (χ1v) is 10.3. The maximum Gasteiger partial charge on any atom is 0.262 e. The van der Waals surface area contributed by atoms with Gasteiger partial charge in [0.1, 0.15) is 5.82 Å². The Labute approximate surface area is 196 Å². The molecule has 176 valence electrons. The van der Waals surface area contributed by atoms with Crippen LogP contribution in [0.4, 0.5) is 21.5 Å². The largest absolute Gasteiger partial charge is 0.493 e. The SMILES string of the molecule is COc1cc(C(=O)Nc2cccc(NC(C)=O)c2C)ccc1OCC(=O)Nc1ccc(F)cc1. The van der Waals surface area contributed by atoms with Crippen LogP contribution < -0.4 is 25.4 Å². The monoisotopic (exact) mass is 465 g/mol. The summed E-state index contributed by atoms with van der Waals surface area (Å²) in [6.07, 6.45) is 0. The number of rotatable bonds is 8. The highest BCUT2D eigenvalue weighted by molar-refractivity contribution is 6.05. The maximum absolute atomic E-state index is 13.0. The lowest BCUT2D eigenvalue weighted by Gasteiger charge is -2.14. The molecular formula is C25H24FN3O5. The number of halogens is 1. The molecule has 0 fully saturated rings. The van der Waals surface area contributed by atoms with E-state index in [1.165, 1.54) is 56.5 Å². The van der Waals surface area contributed by atoms with Crippen molar-refractivity contribution in [2.24, 2.45) is 0 Å². The summed E-state index contributed by atoms with van der Waals surface area (Å²) in [6, 6.07) is 15.1. The molecular weight excluding hydrogens is 441 g/mol. The van der Waals surface area contributed by atoms with Gasteiger partial charge in [0.25, 0.3) is 11.8 Å². The van der Waals surface area contributed by atoms with Gasteiger partial charge in [-0.15, -0.1) is 0 Å². The van der Waals surface area contributed by atoms with Gasteiger partial charge in [-0.1, -0.05) is 6.07 Å². The molecule has 34 heavy (non-hydrogen) atoms. The highest BCUT2D eigenvalue weighted by Crippen LogP contribution is 2.29. The van der Waals surface area contributed by atoms with E-state index in [-0.39, 0.29) is 29.9 Å². The van der Waals surface area contributed by atoms with Crippen molar-refractivity contribution in [2.75, 3.05) is 29.7 Å². The number of methoxy groups -OCH3 is 1. The number of anilines is 3. The van der Waals surface area contributed by atoms with Gasteiger partial charge >= 0.3 is 0 Å². The topological polar surface area (TPSA) is 106 Å². The maximum atomic E-state index is 13.0. The number of hydrogen-bond donors (Lipinski definition) is 3. The molecule has 3 amide bonds. The molecule has 3 N–H and O–H groups in total. The van der Waals surface area contributed by atoms with Crippen LogP contribution in [0.2, 0.25) is 0 Å². The van der Waals surface area contributed by atoms with Crippen molar-refractivity contribution in [2.45, 2.75) is 13.8 Å². The molecule has 0 bridgehead atoms. The van der Waals surface area contributed by atoms with Crippen LogP contribution in [0.5, 0.6) is 11.5 Å². The minimum atomic E-state index is -0.440. The van der Waals surface area contributed by atoms with Gasteiger partial charge in [-0.3, -0.25) is 14.4 Å². The lowest BCUT2D eigenvalue weighted by Crippen LogP contribution is -2.20. The predicted molar refractivity (Wildman–Crippen MR) is 127 cm³/mol. The van der Waals surface area contributed by atoms with Crippen molar-refractivity contribution in [1.82, 2.24) is 0 Å². The van der Waals surface area contributed by atoms with Crippen LogP contribution in [-0.2, 0) is 9.59 Å². The van der Waals surface area contributed by atoms with Gasteiger partial charge < -0.3 is 25.4 Å². The molecule has 0 saturated heterocycles. The highest BCUT2D eigenvalue weighted by atomic mass is 19.1. The van der Waals surface area contributed by atoms with E-state index in [0.717, 1.165) is 0 Å².